The molecule has 190 valence electrons. The lowest BCUT2D eigenvalue weighted by atomic mass is 10.1. The fourth-order valence-electron chi connectivity index (χ4n) is 4.17. The van der Waals surface area contributed by atoms with Crippen molar-refractivity contribution < 1.29 is 22.6 Å². The molecule has 0 bridgehead atoms. The third-order valence-electron chi connectivity index (χ3n) is 5.84. The first-order valence-electron chi connectivity index (χ1n) is 11.9. The van der Waals surface area contributed by atoms with Gasteiger partial charge in [0, 0.05) is 38.9 Å². The predicted octanol–water partition coefficient (Wildman–Crippen LogP) is 6.61. The maximum absolute atomic E-state index is 13.0. The van der Waals surface area contributed by atoms with Crippen molar-refractivity contribution in [2.75, 3.05) is 31.1 Å². The van der Waals surface area contributed by atoms with Gasteiger partial charge >= 0.3 is 6.18 Å². The van der Waals surface area contributed by atoms with Gasteiger partial charge in [-0.05, 0) is 61.9 Å². The average molecular weight is 498 g/mol. The van der Waals surface area contributed by atoms with Gasteiger partial charge in [-0.1, -0.05) is 24.8 Å². The number of nitrogens with zero attached hydrogens (tertiary/aromatic N) is 3. The summed E-state index contributed by atoms with van der Waals surface area (Å²) in [6, 6.07) is 16.3. The standard InChI is InChI=1S/C28H30F3N3O2/c1-20(2)35-21(3)26-11-6-12-32-27(26)34-15-13-33(14-16-34)19-22-7-4-9-24(17-22)36-25-10-5-8-23(18-25)28(29,30)31/h4-12,17-18,20H,3,13-16,19H2,1-2H3. The molecule has 0 atom stereocenters. The summed E-state index contributed by atoms with van der Waals surface area (Å²) >= 11 is 0. The number of hydrogen-bond acceptors (Lipinski definition) is 5. The topological polar surface area (TPSA) is 37.8 Å². The molecule has 1 fully saturated rings. The van der Waals surface area contributed by atoms with Gasteiger partial charge in [0.2, 0.25) is 0 Å². The number of halogens is 3. The van der Waals surface area contributed by atoms with E-state index >= 15 is 0 Å². The van der Waals surface area contributed by atoms with Crippen molar-refractivity contribution in [1.29, 1.82) is 0 Å². The number of hydrogen-bond donors (Lipinski definition) is 0. The highest BCUT2D eigenvalue weighted by molar-refractivity contribution is 5.69. The highest BCUT2D eigenvalue weighted by atomic mass is 19.4. The fraction of sp³-hybridized carbons (Fsp3) is 0.321. The molecule has 2 heterocycles. The Bertz CT molecular complexity index is 1190. The second-order valence-electron chi connectivity index (χ2n) is 9.00. The second kappa shape index (κ2) is 11.0. The number of rotatable bonds is 8. The minimum atomic E-state index is -4.41. The molecule has 1 saturated heterocycles. The van der Waals surface area contributed by atoms with Crippen LogP contribution in [0.4, 0.5) is 19.0 Å². The molecular weight excluding hydrogens is 467 g/mol. The fourth-order valence-corrected chi connectivity index (χ4v) is 4.17. The van der Waals surface area contributed by atoms with Crippen molar-refractivity contribution >= 4 is 11.6 Å². The van der Waals surface area contributed by atoms with E-state index in [1.54, 1.807) is 12.3 Å². The number of piperazine rings is 1. The van der Waals surface area contributed by atoms with Gasteiger partial charge in [-0.3, -0.25) is 4.90 Å². The molecule has 0 amide bonds. The molecule has 5 nitrogen and oxygen atoms in total. The van der Waals surface area contributed by atoms with Crippen LogP contribution in [0.3, 0.4) is 0 Å². The number of anilines is 1. The molecule has 0 spiro atoms. The maximum Gasteiger partial charge on any atom is 0.416 e. The van der Waals surface area contributed by atoms with Crippen LogP contribution in [0.1, 0.15) is 30.5 Å². The predicted molar refractivity (Wildman–Crippen MR) is 135 cm³/mol. The lowest BCUT2D eigenvalue weighted by molar-refractivity contribution is -0.137. The lowest BCUT2D eigenvalue weighted by Gasteiger charge is -2.36. The SMILES string of the molecule is C=C(OC(C)C)c1cccnc1N1CCN(Cc2cccc(Oc3cccc(C(F)(F)F)c3)c2)CC1. The molecule has 0 N–H and O–H groups in total. The molecule has 0 aliphatic carbocycles. The maximum atomic E-state index is 13.0. The zero-order chi connectivity index (χ0) is 25.7. The van der Waals surface area contributed by atoms with Crippen molar-refractivity contribution in [3.8, 4) is 11.5 Å². The number of alkyl halides is 3. The van der Waals surface area contributed by atoms with Gasteiger partial charge in [-0.25, -0.2) is 4.98 Å². The largest absolute Gasteiger partial charge is 0.491 e. The van der Waals surface area contributed by atoms with Crippen molar-refractivity contribution in [2.45, 2.75) is 32.7 Å². The van der Waals surface area contributed by atoms with Gasteiger partial charge in [-0.2, -0.15) is 13.2 Å². The summed E-state index contributed by atoms with van der Waals surface area (Å²) in [7, 11) is 0. The molecule has 1 aromatic heterocycles. The van der Waals surface area contributed by atoms with E-state index in [1.165, 1.54) is 12.1 Å². The number of benzene rings is 2. The first kappa shape index (κ1) is 25.6. The molecule has 8 heteroatoms. The summed E-state index contributed by atoms with van der Waals surface area (Å²) in [6.07, 6.45) is -2.59. The van der Waals surface area contributed by atoms with Crippen molar-refractivity contribution in [3.05, 3.63) is 90.1 Å². The van der Waals surface area contributed by atoms with Crippen LogP contribution >= 0.6 is 0 Å². The van der Waals surface area contributed by atoms with Gasteiger partial charge in [0.25, 0.3) is 0 Å². The van der Waals surface area contributed by atoms with Crippen LogP contribution in [0, 0.1) is 0 Å². The van der Waals surface area contributed by atoms with Crippen LogP contribution in [0.25, 0.3) is 5.76 Å². The smallest absolute Gasteiger partial charge is 0.416 e. The van der Waals surface area contributed by atoms with Gasteiger partial charge in [0.15, 0.2) is 0 Å². The second-order valence-corrected chi connectivity index (χ2v) is 9.00. The van der Waals surface area contributed by atoms with E-state index in [9.17, 15) is 13.2 Å². The number of pyridine rings is 1. The molecule has 1 aliphatic rings. The van der Waals surface area contributed by atoms with Gasteiger partial charge in [0.1, 0.15) is 23.1 Å². The normalized spacial score (nSPS) is 14.7. The Kier molecular flexibility index (Phi) is 7.84. The van der Waals surface area contributed by atoms with Crippen LogP contribution in [-0.4, -0.2) is 42.2 Å². The van der Waals surface area contributed by atoms with E-state index in [0.717, 1.165) is 55.3 Å². The van der Waals surface area contributed by atoms with E-state index in [1.807, 2.05) is 44.2 Å². The highest BCUT2D eigenvalue weighted by Gasteiger charge is 2.30. The summed E-state index contributed by atoms with van der Waals surface area (Å²) in [5.41, 5.74) is 1.20. The molecule has 0 unspecified atom stereocenters. The first-order valence-corrected chi connectivity index (χ1v) is 11.9. The summed E-state index contributed by atoms with van der Waals surface area (Å²) in [4.78, 5) is 9.17. The third kappa shape index (κ3) is 6.57. The van der Waals surface area contributed by atoms with Crippen LogP contribution in [0.5, 0.6) is 11.5 Å². The van der Waals surface area contributed by atoms with Crippen molar-refractivity contribution in [1.82, 2.24) is 9.88 Å². The Morgan fingerprint density at radius 1 is 0.972 bits per heavy atom. The van der Waals surface area contributed by atoms with E-state index in [4.69, 9.17) is 9.47 Å². The molecule has 0 saturated carbocycles. The van der Waals surface area contributed by atoms with Gasteiger partial charge in [-0.15, -0.1) is 0 Å². The van der Waals surface area contributed by atoms with Crippen LogP contribution in [0.2, 0.25) is 0 Å². The summed E-state index contributed by atoms with van der Waals surface area (Å²) in [5, 5.41) is 0. The molecule has 2 aromatic carbocycles. The Labute approximate surface area is 209 Å². The minimum Gasteiger partial charge on any atom is -0.491 e. The highest BCUT2D eigenvalue weighted by Crippen LogP contribution is 2.33. The summed E-state index contributed by atoms with van der Waals surface area (Å²) < 4.78 is 50.5. The van der Waals surface area contributed by atoms with E-state index in [2.05, 4.69) is 21.4 Å². The Hall–Kier alpha value is -3.52. The molecule has 4 rings (SSSR count). The monoisotopic (exact) mass is 497 g/mol. The zero-order valence-corrected chi connectivity index (χ0v) is 20.5. The third-order valence-corrected chi connectivity index (χ3v) is 5.84. The number of aromatic nitrogens is 1. The first-order chi connectivity index (χ1) is 17.2. The Morgan fingerprint density at radius 2 is 1.67 bits per heavy atom. The lowest BCUT2D eigenvalue weighted by Crippen LogP contribution is -2.46. The quantitative estimate of drug-likeness (QED) is 0.328. The van der Waals surface area contributed by atoms with Crippen LogP contribution in [-0.2, 0) is 17.5 Å². The minimum absolute atomic E-state index is 0.0377. The summed E-state index contributed by atoms with van der Waals surface area (Å²) in [5.74, 6) is 2.16. The molecule has 36 heavy (non-hydrogen) atoms. The Balaban J connectivity index is 1.37. The van der Waals surface area contributed by atoms with Crippen LogP contribution < -0.4 is 9.64 Å². The molecular formula is C28H30F3N3O2. The van der Waals surface area contributed by atoms with Crippen LogP contribution in [0.15, 0.2) is 73.4 Å². The average Bonchev–Trinajstić information content (AvgIpc) is 2.84. The van der Waals surface area contributed by atoms with E-state index < -0.39 is 11.7 Å². The van der Waals surface area contributed by atoms with Crippen molar-refractivity contribution in [2.24, 2.45) is 0 Å². The molecule has 3 aromatic rings. The molecule has 1 aliphatic heterocycles. The Morgan fingerprint density at radius 3 is 2.36 bits per heavy atom. The van der Waals surface area contributed by atoms with E-state index in [-0.39, 0.29) is 11.9 Å². The summed E-state index contributed by atoms with van der Waals surface area (Å²) in [6.45, 7) is 12.0. The van der Waals surface area contributed by atoms with Gasteiger partial charge in [0.05, 0.1) is 17.2 Å². The number of ether oxygens (including phenoxy) is 2. The van der Waals surface area contributed by atoms with E-state index in [0.29, 0.717) is 18.1 Å². The zero-order valence-electron chi connectivity index (χ0n) is 20.5. The van der Waals surface area contributed by atoms with Gasteiger partial charge < -0.3 is 14.4 Å². The molecule has 0 radical (unpaired) electrons. The van der Waals surface area contributed by atoms with Crippen molar-refractivity contribution in [3.63, 3.8) is 0 Å².